The van der Waals surface area contributed by atoms with Crippen molar-refractivity contribution < 1.29 is 5.11 Å². The van der Waals surface area contributed by atoms with Gasteiger partial charge < -0.3 is 15.7 Å². The predicted octanol–water partition coefficient (Wildman–Crippen LogP) is 4.74. The molecule has 0 amide bonds. The van der Waals surface area contributed by atoms with Gasteiger partial charge in [0.1, 0.15) is 5.69 Å². The topological polar surface area (TPSA) is 75.3 Å². The number of aliphatic hydroxyl groups is 1. The van der Waals surface area contributed by atoms with Gasteiger partial charge >= 0.3 is 0 Å². The molecule has 2 aromatic rings. The predicted molar refractivity (Wildman–Crippen MR) is 118 cm³/mol. The van der Waals surface area contributed by atoms with Crippen molar-refractivity contribution in [2.45, 2.75) is 58.1 Å². The highest BCUT2D eigenvalue weighted by molar-refractivity contribution is 6.43. The molecule has 0 radical (unpaired) electrons. The van der Waals surface area contributed by atoms with Gasteiger partial charge in [0, 0.05) is 24.2 Å². The summed E-state index contributed by atoms with van der Waals surface area (Å²) < 4.78 is 0. The van der Waals surface area contributed by atoms with Gasteiger partial charge in [0.25, 0.3) is 0 Å². The molecule has 0 spiro atoms. The highest BCUT2D eigenvalue weighted by Crippen LogP contribution is 2.50. The monoisotopic (exact) mass is 434 g/mol. The van der Waals surface area contributed by atoms with E-state index in [0.29, 0.717) is 21.4 Å². The van der Waals surface area contributed by atoms with Crippen LogP contribution in [-0.4, -0.2) is 33.7 Å². The fourth-order valence-corrected chi connectivity index (χ4v) is 5.10. The largest absolute Gasteiger partial charge is 0.390 e. The molecule has 2 fully saturated rings. The van der Waals surface area contributed by atoms with E-state index in [2.05, 4.69) is 11.8 Å². The normalized spacial score (nSPS) is 20.4. The number of hydrogen-bond acceptors (Lipinski definition) is 5. The highest BCUT2D eigenvalue weighted by Gasteiger charge is 2.50. The summed E-state index contributed by atoms with van der Waals surface area (Å²) in [4.78, 5) is 11.8. The number of nitrogens with two attached hydrogens (primary N) is 1. The molecule has 0 bridgehead atoms. The standard InChI is InChI=1S/C22H28Cl2N4O/c1-14-19(15-5-3-6-16(23)18(15)24)27-17(13-29)20(26-14)28-11-9-21(2,10-12-28)22(25)7-4-8-22/h3,5-6,29H,4,7-13,25H2,1-2H3. The Hall–Kier alpha value is -1.40. The molecule has 1 aliphatic heterocycles. The fraction of sp³-hybridized carbons (Fsp3) is 0.545. The fourth-order valence-electron chi connectivity index (χ4n) is 4.71. The number of benzene rings is 1. The van der Waals surface area contributed by atoms with E-state index in [1.807, 2.05) is 19.1 Å². The Balaban J connectivity index is 1.62. The van der Waals surface area contributed by atoms with Crippen LogP contribution in [0.15, 0.2) is 18.2 Å². The van der Waals surface area contributed by atoms with Crippen molar-refractivity contribution in [2.24, 2.45) is 11.1 Å². The summed E-state index contributed by atoms with van der Waals surface area (Å²) in [6.45, 7) is 5.81. The highest BCUT2D eigenvalue weighted by atomic mass is 35.5. The van der Waals surface area contributed by atoms with Crippen LogP contribution in [0.3, 0.4) is 0 Å². The molecule has 1 saturated heterocycles. The minimum absolute atomic E-state index is 0.0202. The number of aryl methyl sites for hydroxylation is 1. The first-order chi connectivity index (χ1) is 13.8. The Labute approximate surface area is 182 Å². The van der Waals surface area contributed by atoms with Gasteiger partial charge in [0.2, 0.25) is 0 Å². The van der Waals surface area contributed by atoms with Crippen molar-refractivity contribution in [1.29, 1.82) is 0 Å². The zero-order valence-corrected chi connectivity index (χ0v) is 18.5. The van der Waals surface area contributed by atoms with E-state index < -0.39 is 0 Å². The third kappa shape index (κ3) is 3.52. The first-order valence-corrected chi connectivity index (χ1v) is 11.0. The van der Waals surface area contributed by atoms with Gasteiger partial charge in [0.15, 0.2) is 5.82 Å². The molecule has 0 atom stereocenters. The van der Waals surface area contributed by atoms with E-state index in [9.17, 15) is 5.11 Å². The van der Waals surface area contributed by atoms with E-state index >= 15 is 0 Å². The molecule has 29 heavy (non-hydrogen) atoms. The van der Waals surface area contributed by atoms with E-state index in [0.717, 1.165) is 55.8 Å². The first kappa shape index (κ1) is 20.9. The van der Waals surface area contributed by atoms with Gasteiger partial charge in [-0.2, -0.15) is 0 Å². The Morgan fingerprint density at radius 1 is 1.14 bits per heavy atom. The molecular weight excluding hydrogens is 407 g/mol. The lowest BCUT2D eigenvalue weighted by molar-refractivity contribution is 0.0375. The molecule has 7 heteroatoms. The van der Waals surface area contributed by atoms with Crippen LogP contribution >= 0.6 is 23.2 Å². The number of hydrogen-bond donors (Lipinski definition) is 2. The molecule has 2 aliphatic rings. The van der Waals surface area contributed by atoms with Crippen molar-refractivity contribution in [3.63, 3.8) is 0 Å². The zero-order chi connectivity index (χ0) is 20.8. The first-order valence-electron chi connectivity index (χ1n) is 10.2. The summed E-state index contributed by atoms with van der Waals surface area (Å²) in [6, 6.07) is 5.46. The van der Waals surface area contributed by atoms with Gasteiger partial charge in [-0.25, -0.2) is 9.97 Å². The molecule has 1 aliphatic carbocycles. The summed E-state index contributed by atoms with van der Waals surface area (Å²) in [5.74, 6) is 0.758. The lowest BCUT2D eigenvalue weighted by Gasteiger charge is -2.55. The van der Waals surface area contributed by atoms with Crippen molar-refractivity contribution in [1.82, 2.24) is 9.97 Å². The summed E-state index contributed by atoms with van der Waals surface area (Å²) in [5.41, 5.74) is 9.54. The summed E-state index contributed by atoms with van der Waals surface area (Å²) >= 11 is 12.6. The van der Waals surface area contributed by atoms with Gasteiger partial charge in [-0.05, 0) is 50.5 Å². The maximum absolute atomic E-state index is 10.0. The van der Waals surface area contributed by atoms with E-state index in [-0.39, 0.29) is 17.6 Å². The minimum Gasteiger partial charge on any atom is -0.390 e. The Bertz CT molecular complexity index is 921. The van der Waals surface area contributed by atoms with Crippen LogP contribution in [0.25, 0.3) is 11.3 Å². The summed E-state index contributed by atoms with van der Waals surface area (Å²) in [5, 5.41) is 10.9. The molecule has 4 rings (SSSR count). The number of nitrogens with zero attached hydrogens (tertiary/aromatic N) is 3. The lowest BCUT2D eigenvalue weighted by atomic mass is 9.56. The second-order valence-corrected chi connectivity index (χ2v) is 9.53. The number of rotatable bonds is 4. The summed E-state index contributed by atoms with van der Waals surface area (Å²) in [6.07, 6.45) is 5.54. The Morgan fingerprint density at radius 3 is 2.41 bits per heavy atom. The van der Waals surface area contributed by atoms with Crippen molar-refractivity contribution >= 4 is 29.0 Å². The lowest BCUT2D eigenvalue weighted by Crippen LogP contribution is -2.62. The molecule has 1 aromatic heterocycles. The maximum atomic E-state index is 10.0. The molecule has 0 unspecified atom stereocenters. The van der Waals surface area contributed by atoms with Crippen LogP contribution in [0.4, 0.5) is 5.82 Å². The number of piperidine rings is 1. The zero-order valence-electron chi connectivity index (χ0n) is 17.0. The van der Waals surface area contributed by atoms with Crippen molar-refractivity contribution in [3.05, 3.63) is 39.6 Å². The van der Waals surface area contributed by atoms with Gasteiger partial charge in [0.05, 0.1) is 28.0 Å². The van der Waals surface area contributed by atoms with Crippen LogP contribution < -0.4 is 10.6 Å². The van der Waals surface area contributed by atoms with Crippen LogP contribution in [0.5, 0.6) is 0 Å². The molecule has 156 valence electrons. The Kier molecular flexibility index (Phi) is 5.53. The SMILES string of the molecule is Cc1nc(N2CCC(C)(C3(N)CCC3)CC2)c(CO)nc1-c1cccc(Cl)c1Cl. The van der Waals surface area contributed by atoms with Crippen LogP contribution in [0.2, 0.25) is 10.0 Å². The van der Waals surface area contributed by atoms with Crippen LogP contribution in [0.1, 0.15) is 50.4 Å². The minimum atomic E-state index is -0.178. The molecule has 2 heterocycles. The van der Waals surface area contributed by atoms with Crippen LogP contribution in [-0.2, 0) is 6.61 Å². The van der Waals surface area contributed by atoms with Gasteiger partial charge in [-0.1, -0.05) is 42.3 Å². The molecule has 1 saturated carbocycles. The summed E-state index contributed by atoms with van der Waals surface area (Å²) in [7, 11) is 0. The second kappa shape index (κ2) is 7.69. The number of anilines is 1. The Morgan fingerprint density at radius 2 is 1.83 bits per heavy atom. The van der Waals surface area contributed by atoms with E-state index in [1.165, 1.54) is 6.42 Å². The second-order valence-electron chi connectivity index (χ2n) is 8.74. The average molecular weight is 435 g/mol. The van der Waals surface area contributed by atoms with Crippen LogP contribution in [0, 0.1) is 12.3 Å². The smallest absolute Gasteiger partial charge is 0.153 e. The maximum Gasteiger partial charge on any atom is 0.153 e. The quantitative estimate of drug-likeness (QED) is 0.726. The molecule has 1 aromatic carbocycles. The molecule has 3 N–H and O–H groups in total. The average Bonchev–Trinajstić information content (AvgIpc) is 2.69. The molecule has 5 nitrogen and oxygen atoms in total. The molecular formula is C22H28Cl2N4O. The third-order valence-electron chi connectivity index (χ3n) is 7.09. The number of aliphatic hydroxyl groups excluding tert-OH is 1. The van der Waals surface area contributed by atoms with Crippen molar-refractivity contribution in [3.8, 4) is 11.3 Å². The van der Waals surface area contributed by atoms with Gasteiger partial charge in [-0.3, -0.25) is 0 Å². The number of halogens is 2. The van der Waals surface area contributed by atoms with E-state index in [4.69, 9.17) is 38.9 Å². The van der Waals surface area contributed by atoms with E-state index in [1.54, 1.807) is 6.07 Å². The van der Waals surface area contributed by atoms with Gasteiger partial charge in [-0.15, -0.1) is 0 Å². The van der Waals surface area contributed by atoms with Crippen molar-refractivity contribution in [2.75, 3.05) is 18.0 Å². The number of aromatic nitrogens is 2. The third-order valence-corrected chi connectivity index (χ3v) is 7.91.